The maximum Gasteiger partial charge on any atom is 0.266 e. The predicted octanol–water partition coefficient (Wildman–Crippen LogP) is 4.24. The molecule has 3 rings (SSSR count). The van der Waals surface area contributed by atoms with Crippen molar-refractivity contribution in [3.63, 3.8) is 0 Å². The summed E-state index contributed by atoms with van der Waals surface area (Å²) < 4.78 is 31.5. The Bertz CT molecular complexity index is 1170. The van der Waals surface area contributed by atoms with Crippen LogP contribution in [0.15, 0.2) is 77.7 Å². The van der Waals surface area contributed by atoms with Crippen LogP contribution in [0.2, 0.25) is 5.02 Å². The number of para-hydroxylation sites is 1. The molecule has 0 aliphatic heterocycles. The fraction of sp³-hybridized carbons (Fsp3) is 0.136. The van der Waals surface area contributed by atoms with E-state index >= 15 is 0 Å². The Balaban J connectivity index is 1.72. The van der Waals surface area contributed by atoms with Gasteiger partial charge in [0.05, 0.1) is 12.1 Å². The minimum atomic E-state index is -4.00. The number of ether oxygens (including phenoxy) is 1. The molecule has 0 heterocycles. The molecule has 9 heteroatoms. The van der Waals surface area contributed by atoms with Crippen molar-refractivity contribution >= 4 is 27.5 Å². The lowest BCUT2D eigenvalue weighted by atomic mass is 10.2. The molecule has 0 aliphatic rings. The predicted molar refractivity (Wildman–Crippen MR) is 118 cm³/mol. The topological polar surface area (TPSA) is 84.9 Å². The Kier molecular flexibility index (Phi) is 7.29. The summed E-state index contributed by atoms with van der Waals surface area (Å²) in [4.78, 5) is 17.1. The molecule has 0 aliphatic carbocycles. The molecule has 162 valence electrons. The van der Waals surface area contributed by atoms with Gasteiger partial charge in [-0.15, -0.1) is 0 Å². The van der Waals surface area contributed by atoms with Gasteiger partial charge in [-0.1, -0.05) is 46.4 Å². The van der Waals surface area contributed by atoms with Gasteiger partial charge >= 0.3 is 0 Å². The molecule has 3 aromatic carbocycles. The number of halogens is 1. The first-order valence-electron chi connectivity index (χ1n) is 9.24. The molecule has 0 aromatic heterocycles. The molecule has 0 saturated carbocycles. The summed E-state index contributed by atoms with van der Waals surface area (Å²) in [7, 11) is -1.54. The second-order valence-electron chi connectivity index (χ2n) is 6.49. The molecule has 1 amide bonds. The number of carbonyl (C=O) groups excluding carboxylic acids is 1. The summed E-state index contributed by atoms with van der Waals surface area (Å²) in [6.07, 6.45) is 0. The van der Waals surface area contributed by atoms with Crippen molar-refractivity contribution in [2.24, 2.45) is 0 Å². The van der Waals surface area contributed by atoms with Crippen LogP contribution in [0.4, 0.5) is 0 Å². The van der Waals surface area contributed by atoms with E-state index in [0.717, 1.165) is 5.56 Å². The summed E-state index contributed by atoms with van der Waals surface area (Å²) >= 11 is 6.04. The van der Waals surface area contributed by atoms with Crippen LogP contribution >= 0.6 is 11.6 Å². The Hall–Kier alpha value is -2.91. The number of hydroxylamine groups is 1. The van der Waals surface area contributed by atoms with Crippen molar-refractivity contribution < 1.29 is 22.8 Å². The number of rotatable bonds is 8. The maximum absolute atomic E-state index is 12.6. The molecule has 0 spiro atoms. The zero-order chi connectivity index (χ0) is 22.4. The lowest BCUT2D eigenvalue weighted by Gasteiger charge is -2.16. The Morgan fingerprint density at radius 1 is 1.00 bits per heavy atom. The highest BCUT2D eigenvalue weighted by atomic mass is 35.5. The van der Waals surface area contributed by atoms with E-state index in [2.05, 4.69) is 5.32 Å². The third-order valence-corrected chi connectivity index (χ3v) is 6.56. The first-order chi connectivity index (χ1) is 14.8. The van der Waals surface area contributed by atoms with E-state index in [0.29, 0.717) is 16.0 Å². The molecule has 0 radical (unpaired) electrons. The Morgan fingerprint density at radius 2 is 1.71 bits per heavy atom. The van der Waals surface area contributed by atoms with Crippen LogP contribution in [0.3, 0.4) is 0 Å². The fourth-order valence-corrected chi connectivity index (χ4v) is 4.18. The van der Waals surface area contributed by atoms with Crippen molar-refractivity contribution in [1.29, 1.82) is 0 Å². The minimum absolute atomic E-state index is 0.00814. The van der Waals surface area contributed by atoms with E-state index in [1.807, 2.05) is 54.6 Å². The molecular formula is C22H21ClN2O5S. The lowest BCUT2D eigenvalue weighted by molar-refractivity contribution is -0.0258. The smallest absolute Gasteiger partial charge is 0.266 e. The highest BCUT2D eigenvalue weighted by molar-refractivity contribution is 7.89. The number of amides is 1. The highest BCUT2D eigenvalue weighted by Crippen LogP contribution is 2.26. The zero-order valence-electron chi connectivity index (χ0n) is 16.9. The van der Waals surface area contributed by atoms with E-state index < -0.39 is 15.9 Å². The van der Waals surface area contributed by atoms with Gasteiger partial charge in [0.25, 0.3) is 15.9 Å². The van der Waals surface area contributed by atoms with Crippen molar-refractivity contribution in [3.8, 4) is 11.5 Å². The van der Waals surface area contributed by atoms with Gasteiger partial charge in [0.15, 0.2) is 0 Å². The lowest BCUT2D eigenvalue weighted by Crippen LogP contribution is -2.27. The van der Waals surface area contributed by atoms with Gasteiger partial charge in [0.1, 0.15) is 16.4 Å². The average Bonchev–Trinajstić information content (AvgIpc) is 2.78. The van der Waals surface area contributed by atoms with Crippen LogP contribution in [-0.4, -0.2) is 33.0 Å². The third-order valence-electron chi connectivity index (χ3n) is 4.40. The molecule has 31 heavy (non-hydrogen) atoms. The molecule has 0 fully saturated rings. The Labute approximate surface area is 186 Å². The highest BCUT2D eigenvalue weighted by Gasteiger charge is 2.25. The number of sulfonamides is 1. The van der Waals surface area contributed by atoms with Gasteiger partial charge in [-0.3, -0.25) is 9.63 Å². The van der Waals surface area contributed by atoms with E-state index in [4.69, 9.17) is 21.2 Å². The molecular weight excluding hydrogens is 440 g/mol. The number of hydrogen-bond acceptors (Lipinski definition) is 5. The molecule has 3 aromatic rings. The maximum atomic E-state index is 12.6. The van der Waals surface area contributed by atoms with Gasteiger partial charge in [-0.2, -0.15) is 0 Å². The zero-order valence-corrected chi connectivity index (χ0v) is 18.5. The molecule has 0 saturated heterocycles. The molecule has 1 N–H and O–H groups in total. The second-order valence-corrected chi connectivity index (χ2v) is 8.80. The SMILES string of the molecule is CON(C)S(=O)(=O)c1cc(C(=O)NCc2cccc(Oc3ccccc3)c2)ccc1Cl. The number of benzene rings is 3. The summed E-state index contributed by atoms with van der Waals surface area (Å²) in [5, 5.41) is 2.76. The summed E-state index contributed by atoms with van der Waals surface area (Å²) in [5.41, 5.74) is 0.979. The standard InChI is InChI=1S/C22H21ClN2O5S/c1-25(29-2)31(27,28)21-14-17(11-12-20(21)23)22(26)24-15-16-7-6-10-19(13-16)30-18-8-4-3-5-9-18/h3-14H,15H2,1-2H3,(H,24,26). The average molecular weight is 461 g/mol. The molecule has 7 nitrogen and oxygen atoms in total. The normalized spacial score (nSPS) is 11.4. The van der Waals surface area contributed by atoms with E-state index in [9.17, 15) is 13.2 Å². The van der Waals surface area contributed by atoms with Gasteiger partial charge in [0, 0.05) is 19.2 Å². The largest absolute Gasteiger partial charge is 0.457 e. The van der Waals surface area contributed by atoms with Gasteiger partial charge < -0.3 is 10.1 Å². The van der Waals surface area contributed by atoms with Crippen LogP contribution in [0, 0.1) is 0 Å². The third kappa shape index (κ3) is 5.62. The van der Waals surface area contributed by atoms with Crippen molar-refractivity contribution in [3.05, 3.63) is 88.9 Å². The van der Waals surface area contributed by atoms with Crippen LogP contribution in [0.25, 0.3) is 0 Å². The van der Waals surface area contributed by atoms with Gasteiger partial charge in [0.2, 0.25) is 0 Å². The van der Waals surface area contributed by atoms with E-state index in [1.54, 1.807) is 0 Å². The van der Waals surface area contributed by atoms with Gasteiger partial charge in [-0.05, 0) is 48.0 Å². The molecule has 0 atom stereocenters. The van der Waals surface area contributed by atoms with E-state index in [1.165, 1.54) is 32.4 Å². The summed E-state index contributed by atoms with van der Waals surface area (Å²) in [5.74, 6) is 0.905. The van der Waals surface area contributed by atoms with Crippen molar-refractivity contribution in [2.75, 3.05) is 14.2 Å². The van der Waals surface area contributed by atoms with E-state index in [-0.39, 0.29) is 22.0 Å². The van der Waals surface area contributed by atoms with Crippen LogP contribution in [-0.2, 0) is 21.4 Å². The molecule has 0 bridgehead atoms. The number of nitrogens with zero attached hydrogens (tertiary/aromatic N) is 1. The molecule has 0 unspecified atom stereocenters. The van der Waals surface area contributed by atoms with Crippen molar-refractivity contribution in [1.82, 2.24) is 9.79 Å². The number of hydrogen-bond donors (Lipinski definition) is 1. The summed E-state index contributed by atoms with van der Waals surface area (Å²) in [6, 6.07) is 20.7. The monoisotopic (exact) mass is 460 g/mol. The first-order valence-corrected chi connectivity index (χ1v) is 11.1. The summed E-state index contributed by atoms with van der Waals surface area (Å²) in [6.45, 7) is 0.230. The quantitative estimate of drug-likeness (QED) is 0.508. The number of carbonyl (C=O) groups is 1. The van der Waals surface area contributed by atoms with Crippen LogP contribution < -0.4 is 10.1 Å². The second kappa shape index (κ2) is 9.93. The van der Waals surface area contributed by atoms with Crippen LogP contribution in [0.1, 0.15) is 15.9 Å². The van der Waals surface area contributed by atoms with Crippen LogP contribution in [0.5, 0.6) is 11.5 Å². The first kappa shape index (κ1) is 22.8. The Morgan fingerprint density at radius 3 is 2.42 bits per heavy atom. The van der Waals surface area contributed by atoms with Crippen molar-refractivity contribution in [2.45, 2.75) is 11.4 Å². The minimum Gasteiger partial charge on any atom is -0.457 e. The number of nitrogens with one attached hydrogen (secondary N) is 1. The fourth-order valence-electron chi connectivity index (χ4n) is 2.71. The van der Waals surface area contributed by atoms with Gasteiger partial charge in [-0.25, -0.2) is 8.42 Å².